The van der Waals surface area contributed by atoms with Gasteiger partial charge in [-0.05, 0) is 104 Å². The number of hydrogen-bond acceptors (Lipinski definition) is 12. The van der Waals surface area contributed by atoms with Gasteiger partial charge in [0.15, 0.2) is 0 Å². The number of anilines is 2. The molecule has 4 fully saturated rings. The fourth-order valence-corrected chi connectivity index (χ4v) is 13.0. The number of likely N-dealkylation sites (tertiary alicyclic amines) is 2. The lowest BCUT2D eigenvalue weighted by Crippen LogP contribution is -2.55. The number of nitro groups is 1. The fourth-order valence-electron chi connectivity index (χ4n) is 11.9. The molecule has 16 nitrogen and oxygen atoms in total. The minimum absolute atomic E-state index is 0.0355. The van der Waals surface area contributed by atoms with Gasteiger partial charge in [-0.15, -0.1) is 0 Å². The van der Waals surface area contributed by atoms with Crippen molar-refractivity contribution in [1.29, 1.82) is 0 Å². The van der Waals surface area contributed by atoms with Crippen LogP contribution in [0.3, 0.4) is 0 Å². The number of aromatic nitrogens is 4. The van der Waals surface area contributed by atoms with E-state index in [9.17, 15) is 23.3 Å². The number of pyridine rings is 1. The Morgan fingerprint density at radius 2 is 1.75 bits per heavy atom. The van der Waals surface area contributed by atoms with E-state index in [0.29, 0.717) is 55.2 Å². The number of carbonyl (C=O) groups is 1. The molecule has 382 valence electrons. The molecule has 4 N–H and O–H groups in total. The van der Waals surface area contributed by atoms with E-state index in [0.717, 1.165) is 63.7 Å². The predicted octanol–water partition coefficient (Wildman–Crippen LogP) is 10.4. The van der Waals surface area contributed by atoms with Crippen molar-refractivity contribution < 1.29 is 31.7 Å². The normalized spacial score (nSPS) is 19.8. The van der Waals surface area contributed by atoms with Crippen molar-refractivity contribution in [3.8, 4) is 11.5 Å². The zero-order valence-corrected chi connectivity index (χ0v) is 42.4. The average molecular weight is 1010 g/mol. The monoisotopic (exact) mass is 1010 g/mol. The van der Waals surface area contributed by atoms with Gasteiger partial charge in [-0.2, -0.15) is 0 Å². The van der Waals surface area contributed by atoms with E-state index in [1.807, 2.05) is 9.62 Å². The van der Waals surface area contributed by atoms with Crippen LogP contribution in [0.15, 0.2) is 78.2 Å². The third kappa shape index (κ3) is 9.86. The number of benzene rings is 3. The van der Waals surface area contributed by atoms with E-state index in [1.165, 1.54) is 29.8 Å². The minimum atomic E-state index is -4.95. The number of aromatic amines is 2. The zero-order chi connectivity index (χ0) is 50.7. The number of nitrogens with one attached hydrogen (secondary N) is 4. The number of carbonyl (C=O) groups excluding carboxylic acids is 1. The van der Waals surface area contributed by atoms with Crippen LogP contribution in [0.2, 0.25) is 0 Å². The predicted molar refractivity (Wildman–Crippen MR) is 274 cm³/mol. The number of nitrogens with zero attached hydrogens (tertiary/aromatic N) is 6. The number of sulfonamides is 1. The molecule has 0 radical (unpaired) electrons. The molecule has 6 heterocycles. The second kappa shape index (κ2) is 19.0. The molecule has 6 aromatic rings. The Kier molecular flexibility index (Phi) is 13.0. The van der Waals surface area contributed by atoms with Gasteiger partial charge in [-0.3, -0.25) is 19.8 Å². The third-order valence-corrected chi connectivity index (χ3v) is 16.9. The lowest BCUT2D eigenvalue weighted by atomic mass is 9.59. The largest absolute Gasteiger partial charge is 0.455 e. The maximum atomic E-state index is 16.6. The molecule has 1 atom stereocenters. The smallest absolute Gasteiger partial charge is 0.296 e. The Bertz CT molecular complexity index is 3130. The highest BCUT2D eigenvalue weighted by molar-refractivity contribution is 7.90. The highest BCUT2D eigenvalue weighted by Gasteiger charge is 2.50. The van der Waals surface area contributed by atoms with Gasteiger partial charge in [-0.1, -0.05) is 58.9 Å². The number of rotatable bonds is 14. The van der Waals surface area contributed by atoms with E-state index in [4.69, 9.17) is 4.74 Å². The quantitative estimate of drug-likeness (QED) is 0.0597. The van der Waals surface area contributed by atoms with Crippen molar-refractivity contribution in [2.45, 2.75) is 115 Å². The maximum Gasteiger partial charge on any atom is 0.296 e. The van der Waals surface area contributed by atoms with Gasteiger partial charge in [0.1, 0.15) is 44.7 Å². The van der Waals surface area contributed by atoms with Crippen LogP contribution in [0.25, 0.3) is 22.1 Å². The molecule has 1 aliphatic carbocycles. The van der Waals surface area contributed by atoms with Crippen molar-refractivity contribution in [2.24, 2.45) is 10.8 Å². The Morgan fingerprint density at radius 3 is 2.47 bits per heavy atom. The molecule has 3 aromatic heterocycles. The number of H-pyrrole nitrogens is 2. The summed E-state index contributed by atoms with van der Waals surface area (Å²) in [6, 6.07) is 16.4. The van der Waals surface area contributed by atoms with Crippen LogP contribution in [-0.4, -0.2) is 107 Å². The molecule has 72 heavy (non-hydrogen) atoms. The van der Waals surface area contributed by atoms with Crippen molar-refractivity contribution in [3.63, 3.8) is 0 Å². The van der Waals surface area contributed by atoms with Gasteiger partial charge in [-0.25, -0.2) is 31.9 Å². The molecule has 3 aromatic carbocycles. The number of nitro benzene ring substituents is 1. The second-order valence-corrected chi connectivity index (χ2v) is 23.8. The number of alkyl halides is 1. The third-order valence-electron chi connectivity index (χ3n) is 15.5. The van der Waals surface area contributed by atoms with E-state index in [-0.39, 0.29) is 64.1 Å². The summed E-state index contributed by atoms with van der Waals surface area (Å²) in [7, 11) is -4.95. The van der Waals surface area contributed by atoms with Crippen molar-refractivity contribution in [3.05, 3.63) is 106 Å². The van der Waals surface area contributed by atoms with Crippen molar-refractivity contribution >= 4 is 55.1 Å². The van der Waals surface area contributed by atoms with Gasteiger partial charge >= 0.3 is 0 Å². The molecular formula is C53H64F2N10O6S. The summed E-state index contributed by atoms with van der Waals surface area (Å²) in [5.74, 6) is -1.45. The first kappa shape index (κ1) is 49.4. The minimum Gasteiger partial charge on any atom is -0.455 e. The Hall–Kier alpha value is -6.18. The molecule has 10 rings (SSSR count). The SMILES string of the molecule is CC(C)c1ccccc1[C@@H]1CCCN1C1CC2(CCN(c3cc(Oc4cnc5[nH]ccc5c4)c(C(=O)NS(=O)(=O)c4cc([N+](=O)[O-])c(NCC5(F)CCN(CC(C)(C)C)CC5)c5[nH]cnc45)cc3F)CC2)C1. The summed E-state index contributed by atoms with van der Waals surface area (Å²) in [6.07, 6.45) is 10.9. The Balaban J connectivity index is 0.876. The summed E-state index contributed by atoms with van der Waals surface area (Å²) in [5, 5.41) is 16.2. The number of ether oxygens (including phenoxy) is 1. The number of halogens is 2. The fraction of sp³-hybridized carbons (Fsp3) is 0.491. The number of fused-ring (bicyclic) bond motifs is 2. The Labute approximate surface area is 418 Å². The average Bonchev–Trinajstić information content (AvgIpc) is 4.13. The lowest BCUT2D eigenvalue weighted by molar-refractivity contribution is -0.384. The van der Waals surface area contributed by atoms with E-state index in [2.05, 4.69) is 93.9 Å². The topological polar surface area (TPSA) is 195 Å². The summed E-state index contributed by atoms with van der Waals surface area (Å²) < 4.78 is 69.6. The van der Waals surface area contributed by atoms with Crippen LogP contribution in [-0.2, 0) is 10.0 Å². The number of amides is 1. The number of piperidine rings is 2. The summed E-state index contributed by atoms with van der Waals surface area (Å²) in [5.41, 5.74) is 0.624. The maximum absolute atomic E-state index is 16.6. The molecule has 4 aliphatic rings. The standard InChI is InChI=1S/C53H64F2N10O6S/c1-33(2)37-9-6-7-10-38(37)41-11-8-18-64(41)35-27-52(28-35)13-21-63(22-14-52)42-25-44(71-36-23-34-12-17-56-49(34)57-29-36)39(24-40(42)54)50(66)61-72(69,70)45-26-43(65(67)68)46(48-47(45)59-32-60-48)58-30-53(55)15-19-62(20-16-53)31-51(3,4)5/h6-7,9-10,12,17,23-26,29,32-33,35,41,58H,8,11,13-16,18-22,27-28,30-31H2,1-5H3,(H,56,57)(H,59,60)(H,61,66)/t41-/m0/s1. The highest BCUT2D eigenvalue weighted by atomic mass is 32.2. The lowest BCUT2D eigenvalue weighted by Gasteiger charge is -2.56. The molecule has 0 unspecified atom stereocenters. The highest BCUT2D eigenvalue weighted by Crippen LogP contribution is 2.54. The number of hydrogen-bond donors (Lipinski definition) is 4. The van der Waals surface area contributed by atoms with E-state index < -0.39 is 48.5 Å². The van der Waals surface area contributed by atoms with Gasteiger partial charge < -0.3 is 29.8 Å². The van der Waals surface area contributed by atoms with Gasteiger partial charge in [0.25, 0.3) is 21.6 Å². The Morgan fingerprint density at radius 1 is 1.00 bits per heavy atom. The summed E-state index contributed by atoms with van der Waals surface area (Å²) in [6.45, 7) is 14.7. The molecule has 1 amide bonds. The number of imidazole rings is 1. The first-order chi connectivity index (χ1) is 34.3. The van der Waals surface area contributed by atoms with Crippen LogP contribution in [0.1, 0.15) is 119 Å². The van der Waals surface area contributed by atoms with Crippen LogP contribution < -0.4 is 19.7 Å². The van der Waals surface area contributed by atoms with Crippen LogP contribution in [0.4, 0.5) is 25.8 Å². The summed E-state index contributed by atoms with van der Waals surface area (Å²) >= 11 is 0. The van der Waals surface area contributed by atoms with Gasteiger partial charge in [0.2, 0.25) is 0 Å². The van der Waals surface area contributed by atoms with Crippen LogP contribution in [0, 0.1) is 26.8 Å². The van der Waals surface area contributed by atoms with E-state index >= 15 is 8.78 Å². The molecule has 19 heteroatoms. The summed E-state index contributed by atoms with van der Waals surface area (Å²) in [4.78, 5) is 46.6. The molecule has 1 saturated carbocycles. The zero-order valence-electron chi connectivity index (χ0n) is 41.6. The molecule has 1 spiro atoms. The first-order valence-electron chi connectivity index (χ1n) is 25.2. The molecular weight excluding hydrogens is 943 g/mol. The van der Waals surface area contributed by atoms with Crippen molar-refractivity contribution in [2.75, 3.05) is 56.0 Å². The van der Waals surface area contributed by atoms with Gasteiger partial charge in [0, 0.05) is 75.1 Å². The molecule has 3 aliphatic heterocycles. The van der Waals surface area contributed by atoms with Crippen LogP contribution in [0.5, 0.6) is 11.5 Å². The van der Waals surface area contributed by atoms with Crippen molar-refractivity contribution in [1.82, 2.24) is 34.5 Å². The molecule has 3 saturated heterocycles. The molecule has 0 bridgehead atoms. The first-order valence-corrected chi connectivity index (χ1v) is 26.7. The van der Waals surface area contributed by atoms with Crippen LogP contribution >= 0.6 is 0 Å². The second-order valence-electron chi connectivity index (χ2n) is 22.1. The van der Waals surface area contributed by atoms with Gasteiger partial charge in [0.05, 0.1) is 34.2 Å². The van der Waals surface area contributed by atoms with E-state index in [1.54, 1.807) is 18.3 Å².